The van der Waals surface area contributed by atoms with E-state index in [0.717, 1.165) is 0 Å². The molecule has 11 heteroatoms. The van der Waals surface area contributed by atoms with Gasteiger partial charge in [-0.2, -0.15) is 10.2 Å². The van der Waals surface area contributed by atoms with Gasteiger partial charge in [0.2, 0.25) is 5.91 Å². The summed E-state index contributed by atoms with van der Waals surface area (Å²) in [6, 6.07) is 3.09. The molecule has 0 atom stereocenters. The lowest BCUT2D eigenvalue weighted by molar-refractivity contribution is -0.121. The van der Waals surface area contributed by atoms with Gasteiger partial charge in [-0.05, 0) is 12.1 Å². The molecule has 0 fully saturated rings. The number of aromatic nitrogens is 3. The predicted octanol–water partition coefficient (Wildman–Crippen LogP) is 1.50. The first-order valence-corrected chi connectivity index (χ1v) is 7.65. The Bertz CT molecular complexity index is 906. The lowest BCUT2D eigenvalue weighted by Gasteiger charge is -2.03. The minimum Gasteiger partial charge on any atom is -0.273 e. The van der Waals surface area contributed by atoms with Crippen LogP contribution >= 0.6 is 34.8 Å². The fraction of sp³-hybridized carbons (Fsp3) is 0.154. The Hall–Kier alpha value is -2.16. The number of benzene rings is 1. The second-order valence-electron chi connectivity index (χ2n) is 4.50. The number of hydrogen-bond acceptors (Lipinski definition) is 5. The average Bonchev–Trinajstić information content (AvgIpc) is 2.53. The van der Waals surface area contributed by atoms with Gasteiger partial charge in [0.05, 0.1) is 21.3 Å². The predicted molar refractivity (Wildman–Crippen MR) is 91.0 cm³/mol. The van der Waals surface area contributed by atoms with Crippen LogP contribution in [0, 0.1) is 0 Å². The van der Waals surface area contributed by atoms with Crippen LogP contribution in [-0.2, 0) is 11.2 Å². The van der Waals surface area contributed by atoms with Crippen molar-refractivity contribution >= 4 is 46.9 Å². The molecule has 0 aliphatic carbocycles. The van der Waals surface area contributed by atoms with E-state index >= 15 is 0 Å². The molecule has 0 saturated heterocycles. The van der Waals surface area contributed by atoms with Crippen molar-refractivity contribution in [3.63, 3.8) is 0 Å². The van der Waals surface area contributed by atoms with Crippen molar-refractivity contribution in [2.24, 2.45) is 5.10 Å². The Morgan fingerprint density at radius 3 is 2.67 bits per heavy atom. The van der Waals surface area contributed by atoms with Gasteiger partial charge >= 0.3 is 5.69 Å². The number of carbonyl (C=O) groups is 1. The molecule has 1 heterocycles. The summed E-state index contributed by atoms with van der Waals surface area (Å²) in [5, 5.41) is 10.2. The van der Waals surface area contributed by atoms with Crippen molar-refractivity contribution in [3.8, 4) is 0 Å². The Labute approximate surface area is 149 Å². The van der Waals surface area contributed by atoms with Crippen LogP contribution in [0.5, 0.6) is 0 Å². The maximum Gasteiger partial charge on any atom is 0.342 e. The number of rotatable bonds is 5. The van der Waals surface area contributed by atoms with Gasteiger partial charge in [0, 0.05) is 18.4 Å². The number of hydrogen-bond donors (Lipinski definition) is 3. The van der Waals surface area contributed by atoms with Crippen LogP contribution in [0.25, 0.3) is 0 Å². The quantitative estimate of drug-likeness (QED) is 0.407. The Balaban J connectivity index is 1.95. The van der Waals surface area contributed by atoms with E-state index in [4.69, 9.17) is 34.8 Å². The SMILES string of the molecule is O=C(CCc1n[nH]c(=O)[nH]c1=O)NN=Cc1c(Cl)ccc(Cl)c1Cl. The highest BCUT2D eigenvalue weighted by Gasteiger charge is 2.09. The Morgan fingerprint density at radius 1 is 1.25 bits per heavy atom. The highest BCUT2D eigenvalue weighted by molar-refractivity contribution is 6.45. The first-order valence-electron chi connectivity index (χ1n) is 6.51. The third-order valence-electron chi connectivity index (χ3n) is 2.83. The molecule has 0 saturated carbocycles. The first kappa shape index (κ1) is 18.2. The van der Waals surface area contributed by atoms with E-state index in [0.29, 0.717) is 15.6 Å². The van der Waals surface area contributed by atoms with Gasteiger partial charge in [0.25, 0.3) is 5.56 Å². The van der Waals surface area contributed by atoms with Gasteiger partial charge in [0.1, 0.15) is 5.69 Å². The molecule has 0 spiro atoms. The number of aryl methyl sites for hydroxylation is 1. The number of halogens is 3. The second kappa shape index (κ2) is 8.09. The van der Waals surface area contributed by atoms with Crippen molar-refractivity contribution < 1.29 is 4.79 Å². The monoisotopic (exact) mass is 389 g/mol. The maximum absolute atomic E-state index is 11.7. The minimum atomic E-state index is -0.715. The fourth-order valence-electron chi connectivity index (χ4n) is 1.66. The lowest BCUT2D eigenvalue weighted by Crippen LogP contribution is -2.28. The lowest BCUT2D eigenvalue weighted by atomic mass is 10.2. The molecule has 0 unspecified atom stereocenters. The number of H-pyrrole nitrogens is 2. The molecule has 0 bridgehead atoms. The van der Waals surface area contributed by atoms with Crippen molar-refractivity contribution in [2.45, 2.75) is 12.8 Å². The molecule has 1 aromatic heterocycles. The molecule has 1 amide bonds. The van der Waals surface area contributed by atoms with E-state index in [1.165, 1.54) is 12.3 Å². The first-order chi connectivity index (χ1) is 11.4. The number of amides is 1. The number of hydrazone groups is 1. The zero-order chi connectivity index (χ0) is 17.7. The van der Waals surface area contributed by atoms with Crippen molar-refractivity contribution in [3.05, 3.63) is 59.3 Å². The maximum atomic E-state index is 11.7. The van der Waals surface area contributed by atoms with Gasteiger partial charge < -0.3 is 0 Å². The summed E-state index contributed by atoms with van der Waals surface area (Å²) in [6.45, 7) is 0. The van der Waals surface area contributed by atoms with Gasteiger partial charge in [-0.1, -0.05) is 34.8 Å². The zero-order valence-corrected chi connectivity index (χ0v) is 14.2. The molecule has 0 aliphatic rings. The minimum absolute atomic E-state index is 0.0339. The van der Waals surface area contributed by atoms with E-state index in [-0.39, 0.29) is 23.6 Å². The standard InChI is InChI=1S/C13H10Cl3N5O3/c14-7-1-2-8(15)11(16)6(7)5-17-20-10(22)4-3-9-12(23)18-13(24)21-19-9/h1-2,5H,3-4H2,(H,20,22)(H2,18,21,23,24). The largest absolute Gasteiger partial charge is 0.342 e. The zero-order valence-electron chi connectivity index (χ0n) is 11.9. The van der Waals surface area contributed by atoms with Crippen LogP contribution in [0.4, 0.5) is 0 Å². The third-order valence-corrected chi connectivity index (χ3v) is 3.98. The molecule has 0 radical (unpaired) electrons. The van der Waals surface area contributed by atoms with E-state index < -0.39 is 17.2 Å². The van der Waals surface area contributed by atoms with Crippen molar-refractivity contribution in [1.29, 1.82) is 0 Å². The fourth-order valence-corrected chi connectivity index (χ4v) is 2.29. The second-order valence-corrected chi connectivity index (χ2v) is 5.70. The van der Waals surface area contributed by atoms with E-state index in [9.17, 15) is 14.4 Å². The Morgan fingerprint density at radius 2 is 1.96 bits per heavy atom. The molecule has 0 aliphatic heterocycles. The summed E-state index contributed by atoms with van der Waals surface area (Å²) in [5.41, 5.74) is 1.31. The van der Waals surface area contributed by atoms with Crippen LogP contribution in [0.2, 0.25) is 15.1 Å². The molecule has 2 rings (SSSR count). The van der Waals surface area contributed by atoms with Crippen LogP contribution in [-0.4, -0.2) is 27.3 Å². The summed E-state index contributed by atoms with van der Waals surface area (Å²) in [4.78, 5) is 36.0. The molecule has 24 heavy (non-hydrogen) atoms. The smallest absolute Gasteiger partial charge is 0.273 e. The normalized spacial score (nSPS) is 11.0. The van der Waals surface area contributed by atoms with Gasteiger partial charge in [-0.3, -0.25) is 14.6 Å². The van der Waals surface area contributed by atoms with Crippen molar-refractivity contribution in [1.82, 2.24) is 20.6 Å². The van der Waals surface area contributed by atoms with Crippen LogP contribution < -0.4 is 16.7 Å². The topological polar surface area (TPSA) is 120 Å². The molecule has 3 N–H and O–H groups in total. The van der Waals surface area contributed by atoms with Crippen molar-refractivity contribution in [2.75, 3.05) is 0 Å². The summed E-state index contributed by atoms with van der Waals surface area (Å²) < 4.78 is 0. The number of nitrogens with zero attached hydrogens (tertiary/aromatic N) is 2. The molecular weight excluding hydrogens is 381 g/mol. The molecule has 2 aromatic rings. The third kappa shape index (κ3) is 4.67. The van der Waals surface area contributed by atoms with E-state index in [1.54, 1.807) is 6.07 Å². The van der Waals surface area contributed by atoms with Crippen LogP contribution in [0.15, 0.2) is 26.8 Å². The average molecular weight is 391 g/mol. The molecular formula is C13H10Cl3N5O3. The van der Waals surface area contributed by atoms with Gasteiger partial charge in [-0.25, -0.2) is 15.3 Å². The summed E-state index contributed by atoms with van der Waals surface area (Å²) in [6.07, 6.45) is 1.24. The number of carbonyl (C=O) groups excluding carboxylic acids is 1. The van der Waals surface area contributed by atoms with Crippen LogP contribution in [0.3, 0.4) is 0 Å². The van der Waals surface area contributed by atoms with Crippen LogP contribution in [0.1, 0.15) is 17.7 Å². The highest BCUT2D eigenvalue weighted by Crippen LogP contribution is 2.29. The number of aromatic amines is 2. The molecule has 126 valence electrons. The Kier molecular flexibility index (Phi) is 6.13. The van der Waals surface area contributed by atoms with Gasteiger partial charge in [0.15, 0.2) is 0 Å². The summed E-state index contributed by atoms with van der Waals surface area (Å²) in [5.74, 6) is -0.465. The van der Waals surface area contributed by atoms with Gasteiger partial charge in [-0.15, -0.1) is 0 Å². The molecule has 8 nitrogen and oxygen atoms in total. The number of nitrogens with one attached hydrogen (secondary N) is 3. The van der Waals surface area contributed by atoms with E-state index in [1.807, 2.05) is 4.98 Å². The van der Waals surface area contributed by atoms with E-state index in [2.05, 4.69) is 20.7 Å². The summed E-state index contributed by atoms with van der Waals surface area (Å²) >= 11 is 17.8. The molecule has 1 aromatic carbocycles. The summed E-state index contributed by atoms with van der Waals surface area (Å²) in [7, 11) is 0. The highest BCUT2D eigenvalue weighted by atomic mass is 35.5.